The van der Waals surface area contributed by atoms with Crippen molar-refractivity contribution in [1.29, 1.82) is 0 Å². The molecule has 2 saturated heterocycles. The second-order valence-electron chi connectivity index (χ2n) is 2.13. The van der Waals surface area contributed by atoms with Crippen LogP contribution < -0.4 is 5.32 Å². The highest BCUT2D eigenvalue weighted by atomic mass is 16.5. The van der Waals surface area contributed by atoms with Gasteiger partial charge < -0.3 is 10.1 Å². The summed E-state index contributed by atoms with van der Waals surface area (Å²) < 4.78 is 4.94. The van der Waals surface area contributed by atoms with Crippen LogP contribution in [0.1, 0.15) is 0 Å². The molecule has 6 heavy (non-hydrogen) atoms. The van der Waals surface area contributed by atoms with E-state index in [-0.39, 0.29) is 0 Å². The smallest absolute Gasteiger partial charge is 0.0780 e. The number of hydrogen-bond acceptors (Lipinski definition) is 2. The molecule has 0 aromatic carbocycles. The van der Waals surface area contributed by atoms with Crippen molar-refractivity contribution in [2.24, 2.45) is 0 Å². The van der Waals surface area contributed by atoms with Gasteiger partial charge in [0.25, 0.3) is 0 Å². The van der Waals surface area contributed by atoms with Gasteiger partial charge in [0, 0.05) is 6.54 Å². The maximum atomic E-state index is 4.94. The van der Waals surface area contributed by atoms with Gasteiger partial charge in [-0.3, -0.25) is 0 Å². The Morgan fingerprint density at radius 2 is 2.17 bits per heavy atom. The first-order valence-corrected chi connectivity index (χ1v) is 2.24. The Hall–Kier alpha value is -0.0800. The van der Waals surface area contributed by atoms with Crippen molar-refractivity contribution < 1.29 is 4.74 Å². The van der Waals surface area contributed by atoms with Crippen molar-refractivity contribution in [3.05, 3.63) is 0 Å². The molecular formula is C4H7NO. The molecule has 0 amide bonds. The molecule has 2 heteroatoms. The van der Waals surface area contributed by atoms with Gasteiger partial charge in [0.15, 0.2) is 0 Å². The van der Waals surface area contributed by atoms with Crippen molar-refractivity contribution >= 4 is 0 Å². The molecule has 2 rings (SSSR count). The summed E-state index contributed by atoms with van der Waals surface area (Å²) in [5, 5.41) is 3.22. The lowest BCUT2D eigenvalue weighted by Crippen LogP contribution is -2.40. The molecule has 1 N–H and O–H groups in total. The maximum Gasteiger partial charge on any atom is 0.0780 e. The fraction of sp³-hybridized carbons (Fsp3) is 1.00. The molecule has 0 saturated carbocycles. The van der Waals surface area contributed by atoms with Gasteiger partial charge in [0.1, 0.15) is 0 Å². The fourth-order valence-electron chi connectivity index (χ4n) is 0.678. The third-order valence-corrected chi connectivity index (χ3v) is 1.43. The molecular weight excluding hydrogens is 78.0 g/mol. The van der Waals surface area contributed by atoms with E-state index in [2.05, 4.69) is 5.32 Å². The fourth-order valence-corrected chi connectivity index (χ4v) is 0.678. The van der Waals surface area contributed by atoms with Crippen LogP contribution in [0.5, 0.6) is 0 Å². The molecule has 1 spiro atoms. The Kier molecular flexibility index (Phi) is 0.316. The SMILES string of the molecule is C1NC12COC2. The summed E-state index contributed by atoms with van der Waals surface area (Å²) in [6.45, 7) is 3.09. The molecule has 2 fully saturated rings. The lowest BCUT2D eigenvalue weighted by atomic mass is 10.1. The van der Waals surface area contributed by atoms with Crippen LogP contribution in [0.3, 0.4) is 0 Å². The largest absolute Gasteiger partial charge is 0.377 e. The predicted molar refractivity (Wildman–Crippen MR) is 21.6 cm³/mol. The van der Waals surface area contributed by atoms with Crippen LogP contribution >= 0.6 is 0 Å². The molecule has 0 bridgehead atoms. The minimum absolute atomic E-state index is 0.500. The van der Waals surface area contributed by atoms with E-state index in [1.54, 1.807) is 0 Å². The van der Waals surface area contributed by atoms with Crippen molar-refractivity contribution in [3.63, 3.8) is 0 Å². The van der Waals surface area contributed by atoms with E-state index in [9.17, 15) is 0 Å². The molecule has 2 heterocycles. The highest BCUT2D eigenvalue weighted by Gasteiger charge is 2.48. The van der Waals surface area contributed by atoms with Crippen LogP contribution in [0, 0.1) is 0 Å². The van der Waals surface area contributed by atoms with E-state index in [0.717, 1.165) is 13.2 Å². The Labute approximate surface area is 36.5 Å². The zero-order chi connectivity index (χ0) is 4.04. The van der Waals surface area contributed by atoms with Gasteiger partial charge >= 0.3 is 0 Å². The van der Waals surface area contributed by atoms with Crippen molar-refractivity contribution in [2.75, 3.05) is 19.8 Å². The summed E-state index contributed by atoms with van der Waals surface area (Å²) in [5.41, 5.74) is 0.500. The highest BCUT2D eigenvalue weighted by Crippen LogP contribution is 2.25. The number of hydrogen-bond donors (Lipinski definition) is 1. The minimum atomic E-state index is 0.500. The molecule has 0 aromatic heterocycles. The van der Waals surface area contributed by atoms with Crippen LogP contribution in [0.15, 0.2) is 0 Å². The van der Waals surface area contributed by atoms with Crippen molar-refractivity contribution in [3.8, 4) is 0 Å². The second-order valence-corrected chi connectivity index (χ2v) is 2.13. The van der Waals surface area contributed by atoms with E-state index >= 15 is 0 Å². The summed E-state index contributed by atoms with van der Waals surface area (Å²) in [6.07, 6.45) is 0. The van der Waals surface area contributed by atoms with Gasteiger partial charge in [-0.1, -0.05) is 0 Å². The lowest BCUT2D eigenvalue weighted by molar-refractivity contribution is -0.00640. The Morgan fingerprint density at radius 1 is 1.50 bits per heavy atom. The monoisotopic (exact) mass is 85.1 g/mol. The van der Waals surface area contributed by atoms with Gasteiger partial charge in [-0.2, -0.15) is 0 Å². The van der Waals surface area contributed by atoms with Gasteiger partial charge in [-0.05, 0) is 0 Å². The average Bonchev–Trinajstić information content (AvgIpc) is 2.02. The first-order valence-electron chi connectivity index (χ1n) is 2.24. The Balaban J connectivity index is 2.09. The number of ether oxygens (including phenoxy) is 1. The van der Waals surface area contributed by atoms with Crippen LogP contribution in [0.2, 0.25) is 0 Å². The number of nitrogens with one attached hydrogen (secondary N) is 1. The summed E-state index contributed by atoms with van der Waals surface area (Å²) in [4.78, 5) is 0. The zero-order valence-corrected chi connectivity index (χ0v) is 3.53. The molecule has 0 aliphatic carbocycles. The topological polar surface area (TPSA) is 31.2 Å². The first-order chi connectivity index (χ1) is 2.91. The second kappa shape index (κ2) is 0.634. The van der Waals surface area contributed by atoms with Gasteiger partial charge in [0.2, 0.25) is 0 Å². The van der Waals surface area contributed by atoms with Crippen LogP contribution in [0.25, 0.3) is 0 Å². The molecule has 2 nitrogen and oxygen atoms in total. The van der Waals surface area contributed by atoms with Gasteiger partial charge in [-0.15, -0.1) is 0 Å². The normalized spacial score (nSPS) is 36.0. The number of rotatable bonds is 0. The van der Waals surface area contributed by atoms with Crippen LogP contribution in [-0.4, -0.2) is 25.3 Å². The van der Waals surface area contributed by atoms with Crippen LogP contribution in [-0.2, 0) is 4.74 Å². The van der Waals surface area contributed by atoms with Crippen molar-refractivity contribution in [2.45, 2.75) is 5.54 Å². The summed E-state index contributed by atoms with van der Waals surface area (Å²) >= 11 is 0. The molecule has 0 radical (unpaired) electrons. The van der Waals surface area contributed by atoms with E-state index < -0.39 is 0 Å². The van der Waals surface area contributed by atoms with Crippen LogP contribution in [0.4, 0.5) is 0 Å². The molecule has 2 aliphatic heterocycles. The zero-order valence-electron chi connectivity index (χ0n) is 3.53. The molecule has 34 valence electrons. The minimum Gasteiger partial charge on any atom is -0.377 e. The highest BCUT2D eigenvalue weighted by molar-refractivity contribution is 5.08. The first kappa shape index (κ1) is 2.99. The van der Waals surface area contributed by atoms with Gasteiger partial charge in [-0.25, -0.2) is 0 Å². The third kappa shape index (κ3) is 0.200. The van der Waals surface area contributed by atoms with E-state index in [0.29, 0.717) is 5.54 Å². The van der Waals surface area contributed by atoms with E-state index in [1.165, 1.54) is 6.54 Å². The van der Waals surface area contributed by atoms with Gasteiger partial charge in [0.05, 0.1) is 18.8 Å². The predicted octanol–water partition coefficient (Wildman–Crippen LogP) is -0.641. The third-order valence-electron chi connectivity index (χ3n) is 1.43. The molecule has 0 aromatic rings. The molecule has 0 atom stereocenters. The summed E-state index contributed by atoms with van der Waals surface area (Å²) in [5.74, 6) is 0. The summed E-state index contributed by atoms with van der Waals surface area (Å²) in [7, 11) is 0. The lowest BCUT2D eigenvalue weighted by Gasteiger charge is -2.22. The van der Waals surface area contributed by atoms with E-state index in [1.807, 2.05) is 0 Å². The molecule has 2 aliphatic rings. The maximum absolute atomic E-state index is 4.94. The Bertz CT molecular complexity index is 71.6. The van der Waals surface area contributed by atoms with E-state index in [4.69, 9.17) is 4.74 Å². The molecule has 0 unspecified atom stereocenters. The van der Waals surface area contributed by atoms with Crippen molar-refractivity contribution in [1.82, 2.24) is 5.32 Å². The standard InChI is InChI=1S/C4H7NO/c1-4(5-1)2-6-3-4/h5H,1-3H2. The Morgan fingerprint density at radius 3 is 2.17 bits per heavy atom. The average molecular weight is 85.1 g/mol. The quantitative estimate of drug-likeness (QED) is 0.397. The summed E-state index contributed by atoms with van der Waals surface area (Å²) in [6, 6.07) is 0.